The molecule has 0 radical (unpaired) electrons. The zero-order valence-corrected chi connectivity index (χ0v) is 11.8. The molecular weight excluding hydrogens is 216 g/mol. The fourth-order valence-corrected chi connectivity index (χ4v) is 2.39. The Bertz CT molecular complexity index is 220. The van der Waals surface area contributed by atoms with E-state index in [0.29, 0.717) is 11.3 Å². The standard InChI is InChI=1S/C13H26N2S/c1-11(2)9-14-12(16)15-10-13(3)7-5-4-6-8-13/h11H,4-10H2,1-3H3,(H2,14,15,16). The fourth-order valence-electron chi connectivity index (χ4n) is 2.24. The summed E-state index contributed by atoms with van der Waals surface area (Å²) in [5, 5.41) is 7.45. The Morgan fingerprint density at radius 1 is 1.19 bits per heavy atom. The largest absolute Gasteiger partial charge is 0.362 e. The van der Waals surface area contributed by atoms with Crippen molar-refractivity contribution in [1.82, 2.24) is 10.6 Å². The van der Waals surface area contributed by atoms with Crippen molar-refractivity contribution < 1.29 is 0 Å². The predicted octanol–water partition coefficient (Wildman–Crippen LogP) is 3.08. The molecule has 0 aromatic carbocycles. The average Bonchev–Trinajstić information content (AvgIpc) is 2.25. The van der Waals surface area contributed by atoms with Crippen LogP contribution in [0.5, 0.6) is 0 Å². The molecular formula is C13H26N2S. The van der Waals surface area contributed by atoms with Gasteiger partial charge in [-0.15, -0.1) is 0 Å². The normalized spacial score (nSPS) is 19.5. The molecule has 1 fully saturated rings. The average molecular weight is 242 g/mol. The zero-order chi connectivity index (χ0) is 12.0. The summed E-state index contributed by atoms with van der Waals surface area (Å²) in [4.78, 5) is 0. The van der Waals surface area contributed by atoms with E-state index in [1.165, 1.54) is 32.1 Å². The molecule has 2 N–H and O–H groups in total. The molecule has 0 aromatic heterocycles. The van der Waals surface area contributed by atoms with Gasteiger partial charge in [0.15, 0.2) is 5.11 Å². The van der Waals surface area contributed by atoms with Gasteiger partial charge in [0, 0.05) is 13.1 Å². The second-order valence-corrected chi connectivity index (χ2v) is 6.24. The van der Waals surface area contributed by atoms with Crippen molar-refractivity contribution in [2.75, 3.05) is 13.1 Å². The molecule has 94 valence electrons. The first-order valence-electron chi connectivity index (χ1n) is 6.53. The van der Waals surface area contributed by atoms with Crippen LogP contribution in [0, 0.1) is 11.3 Å². The monoisotopic (exact) mass is 242 g/mol. The van der Waals surface area contributed by atoms with Crippen molar-refractivity contribution in [3.05, 3.63) is 0 Å². The third-order valence-corrected chi connectivity index (χ3v) is 3.70. The van der Waals surface area contributed by atoms with Gasteiger partial charge in [0.2, 0.25) is 0 Å². The number of hydrogen-bond donors (Lipinski definition) is 2. The number of hydrogen-bond acceptors (Lipinski definition) is 1. The van der Waals surface area contributed by atoms with Crippen LogP contribution < -0.4 is 10.6 Å². The number of rotatable bonds is 4. The summed E-state index contributed by atoms with van der Waals surface area (Å²) in [6.45, 7) is 8.75. The minimum absolute atomic E-state index is 0.460. The van der Waals surface area contributed by atoms with E-state index in [1.54, 1.807) is 0 Å². The van der Waals surface area contributed by atoms with Gasteiger partial charge in [-0.25, -0.2) is 0 Å². The Morgan fingerprint density at radius 2 is 1.81 bits per heavy atom. The predicted molar refractivity (Wildman–Crippen MR) is 74.6 cm³/mol. The summed E-state index contributed by atoms with van der Waals surface area (Å²) in [5.74, 6) is 0.644. The second kappa shape index (κ2) is 6.43. The van der Waals surface area contributed by atoms with Crippen molar-refractivity contribution in [1.29, 1.82) is 0 Å². The Labute approximate surface area is 106 Å². The van der Waals surface area contributed by atoms with Gasteiger partial charge in [-0.1, -0.05) is 40.0 Å². The van der Waals surface area contributed by atoms with Crippen molar-refractivity contribution in [2.24, 2.45) is 11.3 Å². The lowest BCUT2D eigenvalue weighted by Gasteiger charge is -2.34. The van der Waals surface area contributed by atoms with Gasteiger partial charge in [-0.2, -0.15) is 0 Å². The van der Waals surface area contributed by atoms with Gasteiger partial charge in [0.25, 0.3) is 0 Å². The van der Waals surface area contributed by atoms with Crippen LogP contribution in [0.3, 0.4) is 0 Å². The van der Waals surface area contributed by atoms with Crippen LogP contribution in [0.4, 0.5) is 0 Å². The number of thiocarbonyl (C=S) groups is 1. The lowest BCUT2D eigenvalue weighted by atomic mass is 9.76. The SMILES string of the molecule is CC(C)CNC(=S)NCC1(C)CCCCC1. The van der Waals surface area contributed by atoms with Crippen molar-refractivity contribution in [3.63, 3.8) is 0 Å². The second-order valence-electron chi connectivity index (χ2n) is 5.83. The van der Waals surface area contributed by atoms with Gasteiger partial charge >= 0.3 is 0 Å². The Balaban J connectivity index is 2.19. The Hall–Kier alpha value is -0.310. The molecule has 0 spiro atoms. The van der Waals surface area contributed by atoms with Crippen LogP contribution >= 0.6 is 12.2 Å². The summed E-state index contributed by atoms with van der Waals surface area (Å²) < 4.78 is 0. The molecule has 0 atom stereocenters. The van der Waals surface area contributed by atoms with E-state index in [-0.39, 0.29) is 0 Å². The molecule has 1 aliphatic rings. The Morgan fingerprint density at radius 3 is 2.38 bits per heavy atom. The minimum atomic E-state index is 0.460. The van der Waals surface area contributed by atoms with Gasteiger partial charge in [0.05, 0.1) is 0 Å². The molecule has 2 nitrogen and oxygen atoms in total. The van der Waals surface area contributed by atoms with E-state index in [9.17, 15) is 0 Å². The molecule has 16 heavy (non-hydrogen) atoms. The van der Waals surface area contributed by atoms with E-state index in [4.69, 9.17) is 12.2 Å². The third kappa shape index (κ3) is 5.15. The van der Waals surface area contributed by atoms with Crippen molar-refractivity contribution in [2.45, 2.75) is 52.9 Å². The highest BCUT2D eigenvalue weighted by Crippen LogP contribution is 2.34. The molecule has 1 aliphatic carbocycles. The van der Waals surface area contributed by atoms with Crippen LogP contribution in [0.25, 0.3) is 0 Å². The molecule has 3 heteroatoms. The molecule has 1 saturated carbocycles. The van der Waals surface area contributed by atoms with Crippen LogP contribution in [0.15, 0.2) is 0 Å². The van der Waals surface area contributed by atoms with Gasteiger partial charge in [-0.05, 0) is 36.4 Å². The van der Waals surface area contributed by atoms with E-state index in [2.05, 4.69) is 31.4 Å². The van der Waals surface area contributed by atoms with Crippen LogP contribution in [-0.4, -0.2) is 18.2 Å². The smallest absolute Gasteiger partial charge is 0.166 e. The minimum Gasteiger partial charge on any atom is -0.362 e. The van der Waals surface area contributed by atoms with Crippen LogP contribution in [-0.2, 0) is 0 Å². The third-order valence-electron chi connectivity index (χ3n) is 3.41. The molecule has 0 aliphatic heterocycles. The lowest BCUT2D eigenvalue weighted by Crippen LogP contribution is -2.43. The highest BCUT2D eigenvalue weighted by atomic mass is 32.1. The first-order valence-corrected chi connectivity index (χ1v) is 6.94. The fraction of sp³-hybridized carbons (Fsp3) is 0.923. The highest BCUT2D eigenvalue weighted by Gasteiger charge is 2.26. The van der Waals surface area contributed by atoms with E-state index in [0.717, 1.165) is 18.2 Å². The maximum Gasteiger partial charge on any atom is 0.166 e. The van der Waals surface area contributed by atoms with Gasteiger partial charge < -0.3 is 10.6 Å². The molecule has 1 rings (SSSR count). The molecule has 0 bridgehead atoms. The first-order chi connectivity index (χ1) is 7.52. The first kappa shape index (κ1) is 13.8. The summed E-state index contributed by atoms with van der Waals surface area (Å²) in [6.07, 6.45) is 6.85. The molecule has 0 saturated heterocycles. The molecule has 0 unspecified atom stereocenters. The van der Waals surface area contributed by atoms with Gasteiger partial charge in [0.1, 0.15) is 0 Å². The molecule has 0 amide bonds. The zero-order valence-electron chi connectivity index (χ0n) is 10.9. The van der Waals surface area contributed by atoms with Crippen LogP contribution in [0.2, 0.25) is 0 Å². The van der Waals surface area contributed by atoms with E-state index in [1.807, 2.05) is 0 Å². The van der Waals surface area contributed by atoms with Crippen molar-refractivity contribution >= 4 is 17.3 Å². The summed E-state index contributed by atoms with van der Waals surface area (Å²) in [6, 6.07) is 0. The lowest BCUT2D eigenvalue weighted by molar-refractivity contribution is 0.218. The maximum absolute atomic E-state index is 5.27. The quantitative estimate of drug-likeness (QED) is 0.741. The van der Waals surface area contributed by atoms with E-state index >= 15 is 0 Å². The van der Waals surface area contributed by atoms with E-state index < -0.39 is 0 Å². The summed E-state index contributed by atoms with van der Waals surface area (Å²) >= 11 is 5.27. The topological polar surface area (TPSA) is 24.1 Å². The van der Waals surface area contributed by atoms with Crippen molar-refractivity contribution in [3.8, 4) is 0 Å². The molecule has 0 aromatic rings. The summed E-state index contributed by atoms with van der Waals surface area (Å²) in [5.41, 5.74) is 0.460. The van der Waals surface area contributed by atoms with Gasteiger partial charge in [-0.3, -0.25) is 0 Å². The Kier molecular flexibility index (Phi) is 5.53. The van der Waals surface area contributed by atoms with Crippen LogP contribution in [0.1, 0.15) is 52.9 Å². The summed E-state index contributed by atoms with van der Waals surface area (Å²) in [7, 11) is 0. The highest BCUT2D eigenvalue weighted by molar-refractivity contribution is 7.80. The molecule has 0 heterocycles. The number of nitrogens with one attached hydrogen (secondary N) is 2. The maximum atomic E-state index is 5.27.